The van der Waals surface area contributed by atoms with Gasteiger partial charge in [-0.05, 0) is 43.3 Å². The molecule has 0 amide bonds. The van der Waals surface area contributed by atoms with E-state index in [4.69, 9.17) is 4.42 Å². The number of furan rings is 1. The average Bonchev–Trinajstić information content (AvgIpc) is 3.08. The van der Waals surface area contributed by atoms with Crippen LogP contribution in [0.1, 0.15) is 12.5 Å². The van der Waals surface area contributed by atoms with Crippen LogP contribution in [0.3, 0.4) is 0 Å². The molecule has 5 nitrogen and oxygen atoms in total. The smallest absolute Gasteiger partial charge is 0.203 e. The molecule has 0 radical (unpaired) electrons. The van der Waals surface area contributed by atoms with Crippen LogP contribution in [0.5, 0.6) is 5.88 Å². The van der Waals surface area contributed by atoms with Crippen LogP contribution in [-0.4, -0.2) is 9.67 Å². The molecule has 0 atom stereocenters. The van der Waals surface area contributed by atoms with E-state index in [9.17, 15) is 10.0 Å². The van der Waals surface area contributed by atoms with Crippen molar-refractivity contribution in [3.63, 3.8) is 0 Å². The SMILES string of the molecule is CCn1c(O)c(-c2oc3ccccc3c2N=O)c2cc(C)ccc21. The highest BCUT2D eigenvalue weighted by Gasteiger charge is 2.25. The van der Waals surface area contributed by atoms with Crippen molar-refractivity contribution >= 4 is 27.6 Å². The lowest BCUT2D eigenvalue weighted by Gasteiger charge is -2.02. The maximum absolute atomic E-state index is 11.5. The topological polar surface area (TPSA) is 67.7 Å². The van der Waals surface area contributed by atoms with Gasteiger partial charge in [0, 0.05) is 11.9 Å². The lowest BCUT2D eigenvalue weighted by molar-refractivity contribution is 0.426. The lowest BCUT2D eigenvalue weighted by atomic mass is 10.1. The Morgan fingerprint density at radius 2 is 1.96 bits per heavy atom. The highest BCUT2D eigenvalue weighted by Crippen LogP contribution is 2.47. The fraction of sp³-hybridized carbons (Fsp3) is 0.158. The van der Waals surface area contributed by atoms with E-state index in [0.717, 1.165) is 16.5 Å². The van der Waals surface area contributed by atoms with E-state index in [1.807, 2.05) is 44.2 Å². The van der Waals surface area contributed by atoms with Gasteiger partial charge in [-0.15, -0.1) is 4.91 Å². The maximum atomic E-state index is 11.5. The van der Waals surface area contributed by atoms with Crippen LogP contribution < -0.4 is 0 Å². The summed E-state index contributed by atoms with van der Waals surface area (Å²) in [6.45, 7) is 4.55. The third kappa shape index (κ3) is 1.88. The van der Waals surface area contributed by atoms with Gasteiger partial charge in [-0.3, -0.25) is 0 Å². The standard InChI is InChI=1S/C19H16N2O3/c1-3-21-14-9-8-11(2)10-13(14)16(19(21)22)18-17(20-23)12-6-4-5-7-15(12)24-18/h4-10,22H,3H2,1-2H3. The number of fused-ring (bicyclic) bond motifs is 2. The molecule has 0 bridgehead atoms. The van der Waals surface area contributed by atoms with Gasteiger partial charge >= 0.3 is 0 Å². The Morgan fingerprint density at radius 3 is 2.71 bits per heavy atom. The van der Waals surface area contributed by atoms with E-state index in [0.29, 0.717) is 28.8 Å². The van der Waals surface area contributed by atoms with Crippen LogP contribution in [0.2, 0.25) is 0 Å². The zero-order valence-electron chi connectivity index (χ0n) is 13.4. The third-order valence-electron chi connectivity index (χ3n) is 4.40. The highest BCUT2D eigenvalue weighted by atomic mass is 16.3. The average molecular weight is 320 g/mol. The summed E-state index contributed by atoms with van der Waals surface area (Å²) >= 11 is 0. The number of aryl methyl sites for hydroxylation is 2. The first-order chi connectivity index (χ1) is 11.7. The number of rotatable bonds is 3. The van der Waals surface area contributed by atoms with Gasteiger partial charge in [0.1, 0.15) is 5.58 Å². The van der Waals surface area contributed by atoms with Gasteiger partial charge in [-0.25, -0.2) is 0 Å². The molecule has 0 aliphatic heterocycles. The summed E-state index contributed by atoms with van der Waals surface area (Å²) < 4.78 is 7.69. The second kappa shape index (κ2) is 5.23. The second-order valence-corrected chi connectivity index (χ2v) is 5.83. The zero-order valence-corrected chi connectivity index (χ0v) is 13.4. The summed E-state index contributed by atoms with van der Waals surface area (Å²) in [7, 11) is 0. The molecule has 2 heterocycles. The first-order valence-electron chi connectivity index (χ1n) is 7.82. The van der Waals surface area contributed by atoms with Gasteiger partial charge in [0.05, 0.1) is 16.5 Å². The van der Waals surface area contributed by atoms with Crippen LogP contribution in [0.25, 0.3) is 33.2 Å². The Morgan fingerprint density at radius 1 is 1.17 bits per heavy atom. The van der Waals surface area contributed by atoms with Gasteiger partial charge in [0.15, 0.2) is 11.4 Å². The van der Waals surface area contributed by atoms with Gasteiger partial charge in [0.25, 0.3) is 0 Å². The minimum Gasteiger partial charge on any atom is -0.494 e. The molecule has 2 aromatic heterocycles. The van der Waals surface area contributed by atoms with Crippen molar-refractivity contribution in [1.29, 1.82) is 0 Å². The molecule has 0 saturated heterocycles. The monoisotopic (exact) mass is 320 g/mol. The maximum Gasteiger partial charge on any atom is 0.203 e. The molecule has 0 spiro atoms. The highest BCUT2D eigenvalue weighted by molar-refractivity contribution is 6.06. The number of nitrogens with zero attached hydrogens (tertiary/aromatic N) is 2. The molecule has 24 heavy (non-hydrogen) atoms. The summed E-state index contributed by atoms with van der Waals surface area (Å²) in [5.74, 6) is 0.397. The van der Waals surface area contributed by atoms with E-state index in [-0.39, 0.29) is 11.6 Å². The Hall–Kier alpha value is -3.08. The Kier molecular flexibility index (Phi) is 3.16. The molecule has 0 aliphatic carbocycles. The molecule has 2 aromatic carbocycles. The van der Waals surface area contributed by atoms with Crippen molar-refractivity contribution in [2.75, 3.05) is 0 Å². The molecule has 5 heteroatoms. The summed E-state index contributed by atoms with van der Waals surface area (Å²) in [4.78, 5) is 11.5. The van der Waals surface area contributed by atoms with E-state index in [1.54, 1.807) is 16.7 Å². The second-order valence-electron chi connectivity index (χ2n) is 5.83. The molecular formula is C19H16N2O3. The van der Waals surface area contributed by atoms with Crippen LogP contribution in [0, 0.1) is 11.8 Å². The fourth-order valence-electron chi connectivity index (χ4n) is 3.29. The minimum atomic E-state index is 0.0852. The first-order valence-corrected chi connectivity index (χ1v) is 7.82. The Labute approximate surface area is 138 Å². The number of aromatic hydroxyl groups is 1. The van der Waals surface area contributed by atoms with Gasteiger partial charge in [-0.1, -0.05) is 23.8 Å². The van der Waals surface area contributed by atoms with E-state index in [1.165, 1.54) is 0 Å². The molecule has 4 rings (SSSR count). The first kappa shape index (κ1) is 14.5. The van der Waals surface area contributed by atoms with Crippen LogP contribution >= 0.6 is 0 Å². The van der Waals surface area contributed by atoms with Crippen molar-refractivity contribution in [2.45, 2.75) is 20.4 Å². The van der Waals surface area contributed by atoms with Crippen LogP contribution in [0.15, 0.2) is 52.1 Å². The lowest BCUT2D eigenvalue weighted by Crippen LogP contribution is -1.92. The largest absolute Gasteiger partial charge is 0.494 e. The van der Waals surface area contributed by atoms with E-state index >= 15 is 0 Å². The van der Waals surface area contributed by atoms with Crippen molar-refractivity contribution in [2.24, 2.45) is 5.18 Å². The summed E-state index contributed by atoms with van der Waals surface area (Å²) in [6.07, 6.45) is 0. The number of aromatic nitrogens is 1. The molecule has 4 aromatic rings. The summed E-state index contributed by atoms with van der Waals surface area (Å²) in [5, 5.41) is 15.4. The van der Waals surface area contributed by atoms with E-state index < -0.39 is 0 Å². The number of nitroso groups, excluding NO2 is 1. The van der Waals surface area contributed by atoms with Gasteiger partial charge < -0.3 is 14.1 Å². The van der Waals surface area contributed by atoms with Crippen molar-refractivity contribution in [3.8, 4) is 17.2 Å². The Bertz CT molecular complexity index is 1090. The Balaban J connectivity index is 2.16. The van der Waals surface area contributed by atoms with Crippen molar-refractivity contribution < 1.29 is 9.52 Å². The predicted octanol–water partition coefficient (Wildman–Crippen LogP) is 5.49. The third-order valence-corrected chi connectivity index (χ3v) is 4.40. The van der Waals surface area contributed by atoms with Crippen molar-refractivity contribution in [3.05, 3.63) is 52.9 Å². The molecule has 120 valence electrons. The molecule has 1 N–H and O–H groups in total. The number of benzene rings is 2. The molecule has 0 fully saturated rings. The molecule has 0 saturated carbocycles. The zero-order chi connectivity index (χ0) is 16.8. The number of para-hydroxylation sites is 1. The van der Waals surface area contributed by atoms with Crippen LogP contribution in [0.4, 0.5) is 5.69 Å². The van der Waals surface area contributed by atoms with Gasteiger partial charge in [-0.2, -0.15) is 0 Å². The summed E-state index contributed by atoms with van der Waals surface area (Å²) in [6, 6.07) is 13.2. The summed E-state index contributed by atoms with van der Waals surface area (Å²) in [5.41, 5.74) is 3.27. The predicted molar refractivity (Wildman–Crippen MR) is 94.7 cm³/mol. The molecular weight excluding hydrogens is 304 g/mol. The fourth-order valence-corrected chi connectivity index (χ4v) is 3.29. The van der Waals surface area contributed by atoms with E-state index in [2.05, 4.69) is 5.18 Å². The quantitative estimate of drug-likeness (QED) is 0.508. The van der Waals surface area contributed by atoms with Gasteiger partial charge in [0.2, 0.25) is 5.88 Å². The van der Waals surface area contributed by atoms with Crippen LogP contribution in [-0.2, 0) is 6.54 Å². The minimum absolute atomic E-state index is 0.0852. The number of hydrogen-bond acceptors (Lipinski definition) is 4. The number of hydrogen-bond donors (Lipinski definition) is 1. The van der Waals surface area contributed by atoms with Crippen molar-refractivity contribution in [1.82, 2.24) is 4.57 Å². The normalized spacial score (nSPS) is 11.4. The molecule has 0 unspecified atom stereocenters. The molecule has 0 aliphatic rings.